The Morgan fingerprint density at radius 3 is 2.81 bits per heavy atom. The number of aromatic nitrogens is 2. The van der Waals surface area contributed by atoms with Gasteiger partial charge in [0.2, 0.25) is 0 Å². The van der Waals surface area contributed by atoms with Gasteiger partial charge in [0.05, 0.1) is 6.04 Å². The fraction of sp³-hybridized carbons (Fsp3) is 0.450. The van der Waals surface area contributed by atoms with Gasteiger partial charge < -0.3 is 20.1 Å². The van der Waals surface area contributed by atoms with Crippen LogP contribution in [0.5, 0.6) is 6.01 Å². The number of hydrogen-bond donors (Lipinski definition) is 2. The van der Waals surface area contributed by atoms with Crippen LogP contribution in [0.2, 0.25) is 0 Å². The summed E-state index contributed by atoms with van der Waals surface area (Å²) in [6.45, 7) is 2.67. The monoisotopic (exact) mass is 437 g/mol. The Kier molecular flexibility index (Phi) is 5.61. The van der Waals surface area contributed by atoms with Crippen LogP contribution in [0, 0.1) is 6.92 Å². The Bertz CT molecular complexity index is 985. The zero-order chi connectivity index (χ0) is 22.2. The maximum atomic E-state index is 12.4. The third-order valence-corrected chi connectivity index (χ3v) is 5.40. The Balaban J connectivity index is 1.51. The molecule has 166 valence electrons. The molecule has 1 fully saturated rings. The van der Waals surface area contributed by atoms with Crippen LogP contribution in [0.3, 0.4) is 0 Å². The molecule has 0 bridgehead atoms. The Labute approximate surface area is 176 Å². The highest BCUT2D eigenvalue weighted by atomic mass is 19.4. The Morgan fingerprint density at radius 2 is 2.06 bits per heavy atom. The second-order valence-electron chi connectivity index (χ2n) is 7.65. The molecule has 11 heteroatoms. The van der Waals surface area contributed by atoms with Crippen LogP contribution in [-0.2, 0) is 6.42 Å². The van der Waals surface area contributed by atoms with Gasteiger partial charge in [-0.05, 0) is 36.6 Å². The smallest absolute Gasteiger partial charge is 0.422 e. The first-order chi connectivity index (χ1) is 14.7. The summed E-state index contributed by atoms with van der Waals surface area (Å²) < 4.78 is 41.9. The summed E-state index contributed by atoms with van der Waals surface area (Å²) in [6.07, 6.45) is -4.55. The number of rotatable bonds is 4. The summed E-state index contributed by atoms with van der Waals surface area (Å²) >= 11 is 0. The molecule has 8 nitrogen and oxygen atoms in total. The van der Waals surface area contributed by atoms with E-state index in [0.717, 1.165) is 29.8 Å². The molecule has 2 aliphatic rings. The number of carbonyl (C=O) groups is 1. The van der Waals surface area contributed by atoms with E-state index in [1.807, 2.05) is 18.2 Å². The highest BCUT2D eigenvalue weighted by molar-refractivity contribution is 5.65. The van der Waals surface area contributed by atoms with Crippen molar-refractivity contribution in [3.05, 3.63) is 41.1 Å². The number of halogens is 3. The standard InChI is InChI=1S/C20H22F3N5O3/c1-12-8-17(26-18(24-12)31-11-20(21,22)23)25-14-2-3-15-13(9-14)4-5-27-6-7-28(19(29)30)10-16(15)27/h2-3,8-9,16H,4-7,10-11H2,1H3,(H,29,30)(H,24,25,26)/t16-/m0/s1. The van der Waals surface area contributed by atoms with E-state index in [1.165, 1.54) is 4.90 Å². The second-order valence-corrected chi connectivity index (χ2v) is 7.65. The molecule has 3 heterocycles. The van der Waals surface area contributed by atoms with Gasteiger partial charge in [0, 0.05) is 43.6 Å². The summed E-state index contributed by atoms with van der Waals surface area (Å²) in [4.78, 5) is 23.0. The molecule has 0 spiro atoms. The van der Waals surface area contributed by atoms with Crippen molar-refractivity contribution >= 4 is 17.6 Å². The van der Waals surface area contributed by atoms with Crippen molar-refractivity contribution in [2.24, 2.45) is 0 Å². The quantitative estimate of drug-likeness (QED) is 0.758. The molecule has 2 aromatic rings. The summed E-state index contributed by atoms with van der Waals surface area (Å²) in [5.41, 5.74) is 3.41. The van der Waals surface area contributed by atoms with Crippen molar-refractivity contribution in [2.75, 3.05) is 38.1 Å². The number of aryl methyl sites for hydroxylation is 1. The number of benzene rings is 1. The van der Waals surface area contributed by atoms with Gasteiger partial charge in [-0.2, -0.15) is 18.2 Å². The van der Waals surface area contributed by atoms with Crippen molar-refractivity contribution in [2.45, 2.75) is 25.6 Å². The number of amides is 1. The summed E-state index contributed by atoms with van der Waals surface area (Å²) in [5, 5.41) is 12.4. The fourth-order valence-electron chi connectivity index (χ4n) is 4.01. The number of alkyl halides is 3. The van der Waals surface area contributed by atoms with E-state index in [-0.39, 0.29) is 12.1 Å². The molecule has 0 unspecified atom stereocenters. The zero-order valence-corrected chi connectivity index (χ0v) is 16.8. The minimum atomic E-state index is -4.47. The number of ether oxygens (including phenoxy) is 1. The number of nitrogens with zero attached hydrogens (tertiary/aromatic N) is 4. The maximum absolute atomic E-state index is 12.4. The highest BCUT2D eigenvalue weighted by Crippen LogP contribution is 2.34. The van der Waals surface area contributed by atoms with E-state index in [1.54, 1.807) is 13.0 Å². The third kappa shape index (κ3) is 4.98. The second kappa shape index (κ2) is 8.22. The first-order valence-corrected chi connectivity index (χ1v) is 9.85. The summed E-state index contributed by atoms with van der Waals surface area (Å²) in [5.74, 6) is 0.330. The van der Waals surface area contributed by atoms with Crippen LogP contribution in [0.25, 0.3) is 0 Å². The number of piperazine rings is 1. The highest BCUT2D eigenvalue weighted by Gasteiger charge is 2.34. The number of anilines is 2. The van der Waals surface area contributed by atoms with Gasteiger partial charge in [-0.3, -0.25) is 4.90 Å². The largest absolute Gasteiger partial charge is 0.465 e. The molecule has 0 radical (unpaired) electrons. The number of nitrogens with one attached hydrogen (secondary N) is 1. The Morgan fingerprint density at radius 1 is 1.26 bits per heavy atom. The molecule has 1 atom stereocenters. The molecule has 0 saturated carbocycles. The van der Waals surface area contributed by atoms with Gasteiger partial charge in [0.1, 0.15) is 5.82 Å². The van der Waals surface area contributed by atoms with Crippen molar-refractivity contribution in [1.82, 2.24) is 19.8 Å². The molecule has 1 amide bonds. The van der Waals surface area contributed by atoms with Crippen molar-refractivity contribution in [3.63, 3.8) is 0 Å². The van der Waals surface area contributed by atoms with Gasteiger partial charge in [-0.1, -0.05) is 6.07 Å². The van der Waals surface area contributed by atoms with Crippen LogP contribution in [0.15, 0.2) is 24.3 Å². The molecule has 0 aliphatic carbocycles. The number of carboxylic acid groups (broad SMARTS) is 1. The zero-order valence-electron chi connectivity index (χ0n) is 16.8. The van der Waals surface area contributed by atoms with Crippen LogP contribution < -0.4 is 10.1 Å². The van der Waals surface area contributed by atoms with Crippen LogP contribution in [-0.4, -0.2) is 69.9 Å². The normalized spacial score (nSPS) is 18.8. The van der Waals surface area contributed by atoms with E-state index >= 15 is 0 Å². The predicted molar refractivity (Wildman–Crippen MR) is 106 cm³/mol. The lowest BCUT2D eigenvalue weighted by Gasteiger charge is -2.44. The number of hydrogen-bond acceptors (Lipinski definition) is 6. The molecule has 1 saturated heterocycles. The lowest BCUT2D eigenvalue weighted by molar-refractivity contribution is -0.154. The molecule has 1 aromatic carbocycles. The van der Waals surface area contributed by atoms with E-state index in [4.69, 9.17) is 0 Å². The minimum absolute atomic E-state index is 0.0197. The average Bonchev–Trinajstić information content (AvgIpc) is 2.70. The van der Waals surface area contributed by atoms with Crippen LogP contribution in [0.4, 0.5) is 29.5 Å². The van der Waals surface area contributed by atoms with Crippen molar-refractivity contribution in [1.29, 1.82) is 0 Å². The lowest BCUT2D eigenvalue weighted by atomic mass is 9.90. The molecular formula is C20H22F3N5O3. The van der Waals surface area contributed by atoms with E-state index in [0.29, 0.717) is 31.1 Å². The molecule has 31 heavy (non-hydrogen) atoms. The summed E-state index contributed by atoms with van der Waals surface area (Å²) in [6, 6.07) is 7.09. The third-order valence-electron chi connectivity index (χ3n) is 5.40. The summed E-state index contributed by atoms with van der Waals surface area (Å²) in [7, 11) is 0. The number of fused-ring (bicyclic) bond motifs is 3. The fourth-order valence-corrected chi connectivity index (χ4v) is 4.01. The Hall–Kier alpha value is -3.08. The van der Waals surface area contributed by atoms with Crippen LogP contribution >= 0.6 is 0 Å². The predicted octanol–water partition coefficient (Wildman–Crippen LogP) is 3.36. The van der Waals surface area contributed by atoms with Gasteiger partial charge in [0.15, 0.2) is 6.61 Å². The maximum Gasteiger partial charge on any atom is 0.422 e. The van der Waals surface area contributed by atoms with Gasteiger partial charge in [-0.25, -0.2) is 9.78 Å². The van der Waals surface area contributed by atoms with E-state index in [9.17, 15) is 23.1 Å². The SMILES string of the molecule is Cc1cc(Nc2ccc3c(c2)CCN2CCN(C(=O)O)C[C@@H]32)nc(OCC(F)(F)F)n1. The molecule has 1 aromatic heterocycles. The average molecular weight is 437 g/mol. The first-order valence-electron chi connectivity index (χ1n) is 9.85. The minimum Gasteiger partial charge on any atom is -0.465 e. The van der Waals surface area contributed by atoms with E-state index < -0.39 is 18.9 Å². The lowest BCUT2D eigenvalue weighted by Crippen LogP contribution is -2.52. The molecule has 2 aliphatic heterocycles. The topological polar surface area (TPSA) is 90.8 Å². The molecule has 4 rings (SSSR count). The van der Waals surface area contributed by atoms with Crippen molar-refractivity contribution in [3.8, 4) is 6.01 Å². The van der Waals surface area contributed by atoms with E-state index in [2.05, 4.69) is 24.9 Å². The van der Waals surface area contributed by atoms with Crippen molar-refractivity contribution < 1.29 is 27.8 Å². The van der Waals surface area contributed by atoms with Gasteiger partial charge in [-0.15, -0.1) is 0 Å². The molecular weight excluding hydrogens is 415 g/mol. The van der Waals surface area contributed by atoms with Gasteiger partial charge in [0.25, 0.3) is 0 Å². The first kappa shape index (κ1) is 21.2. The van der Waals surface area contributed by atoms with Gasteiger partial charge >= 0.3 is 18.3 Å². The molecule has 2 N–H and O–H groups in total. The van der Waals surface area contributed by atoms with Crippen LogP contribution in [0.1, 0.15) is 22.9 Å².